The number of nitrogens with two attached hydrogens (primary N) is 1. The van der Waals surface area contributed by atoms with Crippen LogP contribution in [0.5, 0.6) is 0 Å². The summed E-state index contributed by atoms with van der Waals surface area (Å²) < 4.78 is 25.6. The number of hydrogen-bond donors (Lipinski definition) is 4. The summed E-state index contributed by atoms with van der Waals surface area (Å²) in [7, 11) is -3.27. The van der Waals surface area contributed by atoms with Gasteiger partial charge in [0.15, 0.2) is 0 Å². The number of hydrogen-bond acceptors (Lipinski definition) is 7. The molecule has 2 rings (SSSR count). The van der Waals surface area contributed by atoms with Crippen molar-refractivity contribution in [2.45, 2.75) is 6.92 Å². The number of hydrazine groups is 1. The van der Waals surface area contributed by atoms with Crippen molar-refractivity contribution in [3.63, 3.8) is 0 Å². The van der Waals surface area contributed by atoms with Crippen molar-refractivity contribution < 1.29 is 8.42 Å². The van der Waals surface area contributed by atoms with Gasteiger partial charge in [-0.3, -0.25) is 5.43 Å². The standard InChI is InChI=1S/C12H18N6O2S/c1-2-15-21(19,20)8-7-14-11-9-5-3-4-6-10(9)16-12(17-11)18-13/h3-6,15H,2,7-8,13H2,1H3,(H2,14,16,17,18). The van der Waals surface area contributed by atoms with Gasteiger partial charge in [0, 0.05) is 18.5 Å². The monoisotopic (exact) mass is 310 g/mol. The molecule has 0 unspecified atom stereocenters. The minimum absolute atomic E-state index is 0.0371. The Kier molecular flexibility index (Phi) is 4.89. The molecule has 0 saturated heterocycles. The molecule has 0 atom stereocenters. The molecule has 0 spiro atoms. The molecule has 8 nitrogen and oxygen atoms in total. The third-order valence-electron chi connectivity index (χ3n) is 2.76. The molecule has 21 heavy (non-hydrogen) atoms. The van der Waals surface area contributed by atoms with Crippen LogP contribution in [0.15, 0.2) is 24.3 Å². The van der Waals surface area contributed by atoms with Gasteiger partial charge in [-0.2, -0.15) is 4.98 Å². The molecule has 0 saturated carbocycles. The Morgan fingerprint density at radius 2 is 2.00 bits per heavy atom. The van der Waals surface area contributed by atoms with Crippen LogP contribution >= 0.6 is 0 Å². The minimum Gasteiger partial charge on any atom is -0.368 e. The van der Waals surface area contributed by atoms with Crippen LogP contribution < -0.4 is 21.3 Å². The van der Waals surface area contributed by atoms with Crippen molar-refractivity contribution in [3.05, 3.63) is 24.3 Å². The Morgan fingerprint density at radius 1 is 1.24 bits per heavy atom. The van der Waals surface area contributed by atoms with Gasteiger partial charge in [0.1, 0.15) is 5.82 Å². The zero-order chi connectivity index (χ0) is 15.3. The number of nitrogens with zero attached hydrogens (tertiary/aromatic N) is 2. The maximum Gasteiger partial charge on any atom is 0.239 e. The van der Waals surface area contributed by atoms with Gasteiger partial charge in [-0.05, 0) is 12.1 Å². The second-order valence-electron chi connectivity index (χ2n) is 4.30. The first kappa shape index (κ1) is 15.4. The first-order valence-corrected chi connectivity index (χ1v) is 8.15. The first-order valence-electron chi connectivity index (χ1n) is 6.50. The van der Waals surface area contributed by atoms with Crippen LogP contribution in [-0.2, 0) is 10.0 Å². The van der Waals surface area contributed by atoms with E-state index in [0.29, 0.717) is 12.4 Å². The Hall–Kier alpha value is -1.97. The molecule has 0 aliphatic carbocycles. The molecule has 0 radical (unpaired) electrons. The summed E-state index contributed by atoms with van der Waals surface area (Å²) >= 11 is 0. The molecule has 0 amide bonds. The second kappa shape index (κ2) is 6.66. The van der Waals surface area contributed by atoms with Crippen molar-refractivity contribution in [1.82, 2.24) is 14.7 Å². The molecule has 9 heteroatoms. The van der Waals surface area contributed by atoms with Gasteiger partial charge in [0.2, 0.25) is 16.0 Å². The van der Waals surface area contributed by atoms with E-state index in [2.05, 4.69) is 25.4 Å². The molecule has 0 fully saturated rings. The Balaban J connectivity index is 2.18. The van der Waals surface area contributed by atoms with Gasteiger partial charge in [-0.15, -0.1) is 0 Å². The van der Waals surface area contributed by atoms with E-state index < -0.39 is 10.0 Å². The highest BCUT2D eigenvalue weighted by Gasteiger charge is 2.10. The molecule has 1 aromatic heterocycles. The molecular formula is C12H18N6O2S. The van der Waals surface area contributed by atoms with Crippen molar-refractivity contribution >= 4 is 32.7 Å². The number of para-hydroxylation sites is 1. The minimum atomic E-state index is -3.27. The summed E-state index contributed by atoms with van der Waals surface area (Å²) in [5, 5.41) is 3.81. The fraction of sp³-hybridized carbons (Fsp3) is 0.333. The largest absolute Gasteiger partial charge is 0.368 e. The maximum atomic E-state index is 11.6. The number of benzene rings is 1. The van der Waals surface area contributed by atoms with Gasteiger partial charge in [-0.1, -0.05) is 19.1 Å². The van der Waals surface area contributed by atoms with Crippen molar-refractivity contribution in [2.24, 2.45) is 5.84 Å². The lowest BCUT2D eigenvalue weighted by Gasteiger charge is -2.10. The van der Waals surface area contributed by atoms with Crippen LogP contribution in [0.2, 0.25) is 0 Å². The molecular weight excluding hydrogens is 292 g/mol. The van der Waals surface area contributed by atoms with Crippen LogP contribution in [0.4, 0.5) is 11.8 Å². The van der Waals surface area contributed by atoms with Crippen LogP contribution in [0.3, 0.4) is 0 Å². The number of nitrogens with one attached hydrogen (secondary N) is 3. The predicted octanol–water partition coefficient (Wildman–Crippen LogP) is 0.267. The van der Waals surface area contributed by atoms with E-state index in [1.165, 1.54) is 0 Å². The van der Waals surface area contributed by atoms with Gasteiger partial charge >= 0.3 is 0 Å². The number of rotatable bonds is 7. The van der Waals surface area contributed by atoms with E-state index in [1.807, 2.05) is 24.3 Å². The Labute approximate surface area is 123 Å². The third-order valence-corrected chi connectivity index (χ3v) is 4.23. The molecule has 114 valence electrons. The molecule has 5 N–H and O–H groups in total. The van der Waals surface area contributed by atoms with E-state index >= 15 is 0 Å². The smallest absolute Gasteiger partial charge is 0.239 e. The number of nitrogen functional groups attached to an aromatic ring is 1. The number of anilines is 2. The lowest BCUT2D eigenvalue weighted by molar-refractivity contribution is 0.584. The van der Waals surface area contributed by atoms with Gasteiger partial charge in [-0.25, -0.2) is 24.0 Å². The molecule has 1 heterocycles. The van der Waals surface area contributed by atoms with E-state index in [9.17, 15) is 8.42 Å². The summed E-state index contributed by atoms with van der Waals surface area (Å²) in [6.45, 7) is 2.35. The quantitative estimate of drug-likeness (QED) is 0.427. The molecule has 1 aromatic carbocycles. The zero-order valence-corrected chi connectivity index (χ0v) is 12.4. The summed E-state index contributed by atoms with van der Waals surface area (Å²) in [5.74, 6) is 6.11. The van der Waals surface area contributed by atoms with E-state index in [0.717, 1.165) is 10.9 Å². The topological polar surface area (TPSA) is 122 Å². The molecule has 0 aliphatic heterocycles. The molecule has 2 aromatic rings. The summed E-state index contributed by atoms with van der Waals surface area (Å²) in [6, 6.07) is 7.41. The first-order chi connectivity index (χ1) is 10.1. The van der Waals surface area contributed by atoms with Crippen LogP contribution in [0.25, 0.3) is 10.9 Å². The number of fused-ring (bicyclic) bond motifs is 1. The Bertz CT molecular complexity index is 719. The fourth-order valence-electron chi connectivity index (χ4n) is 1.87. The van der Waals surface area contributed by atoms with E-state index in [1.54, 1.807) is 6.92 Å². The second-order valence-corrected chi connectivity index (χ2v) is 6.23. The highest BCUT2D eigenvalue weighted by molar-refractivity contribution is 7.89. The lowest BCUT2D eigenvalue weighted by Crippen LogP contribution is -2.29. The van der Waals surface area contributed by atoms with Crippen LogP contribution in [0, 0.1) is 0 Å². The third kappa shape index (κ3) is 4.00. The number of sulfonamides is 1. The van der Waals surface area contributed by atoms with Crippen LogP contribution in [-0.4, -0.2) is 37.2 Å². The van der Waals surface area contributed by atoms with Gasteiger partial charge in [0.05, 0.1) is 11.3 Å². The fourth-order valence-corrected chi connectivity index (χ4v) is 2.83. The predicted molar refractivity (Wildman–Crippen MR) is 83.3 cm³/mol. The van der Waals surface area contributed by atoms with Gasteiger partial charge in [0.25, 0.3) is 0 Å². The SMILES string of the molecule is CCNS(=O)(=O)CCNc1nc(NN)nc2ccccc12. The van der Waals surface area contributed by atoms with Crippen molar-refractivity contribution in [1.29, 1.82) is 0 Å². The highest BCUT2D eigenvalue weighted by Crippen LogP contribution is 2.21. The van der Waals surface area contributed by atoms with Gasteiger partial charge < -0.3 is 5.32 Å². The van der Waals surface area contributed by atoms with E-state index in [4.69, 9.17) is 5.84 Å². The zero-order valence-electron chi connectivity index (χ0n) is 11.6. The van der Waals surface area contributed by atoms with Crippen molar-refractivity contribution in [3.8, 4) is 0 Å². The normalized spacial score (nSPS) is 11.5. The maximum absolute atomic E-state index is 11.6. The van der Waals surface area contributed by atoms with Crippen LogP contribution in [0.1, 0.15) is 6.92 Å². The highest BCUT2D eigenvalue weighted by atomic mass is 32.2. The van der Waals surface area contributed by atoms with E-state index in [-0.39, 0.29) is 18.2 Å². The Morgan fingerprint density at radius 3 is 2.71 bits per heavy atom. The lowest BCUT2D eigenvalue weighted by atomic mass is 10.2. The summed E-state index contributed by atoms with van der Waals surface area (Å²) in [4.78, 5) is 8.43. The average molecular weight is 310 g/mol. The average Bonchev–Trinajstić information content (AvgIpc) is 2.46. The molecule has 0 aliphatic rings. The number of aromatic nitrogens is 2. The molecule has 0 bridgehead atoms. The van der Waals surface area contributed by atoms with Crippen molar-refractivity contribution in [2.75, 3.05) is 29.6 Å². The summed E-state index contributed by atoms with van der Waals surface area (Å²) in [5.41, 5.74) is 3.11. The summed E-state index contributed by atoms with van der Waals surface area (Å²) in [6.07, 6.45) is 0.